The second-order valence-electron chi connectivity index (χ2n) is 10.8. The fraction of sp³-hybridized carbons (Fsp3) is 0.968. The van der Waals surface area contributed by atoms with Crippen LogP contribution in [0.1, 0.15) is 175 Å². The third kappa shape index (κ3) is 23.0. The third-order valence-electron chi connectivity index (χ3n) is 7.29. The fourth-order valence-corrected chi connectivity index (χ4v) is 4.78. The van der Waals surface area contributed by atoms with Crippen LogP contribution in [-0.4, -0.2) is 12.6 Å². The van der Waals surface area contributed by atoms with Crippen molar-refractivity contribution in [1.29, 1.82) is 0 Å². The second kappa shape index (κ2) is 26.1. The summed E-state index contributed by atoms with van der Waals surface area (Å²) in [6.07, 6.45) is 30.3. The molecule has 0 spiro atoms. The molecule has 0 aliphatic carbocycles. The predicted octanol–water partition coefficient (Wildman–Crippen LogP) is 10.8. The maximum atomic E-state index is 12.5. The first kappa shape index (κ1) is 32.5. The summed E-state index contributed by atoms with van der Waals surface area (Å²) in [6, 6.07) is 0. The first-order valence-corrected chi connectivity index (χ1v) is 15.3. The largest absolute Gasteiger partial charge is 0.465 e. The molecule has 0 saturated heterocycles. The Morgan fingerprint density at radius 3 is 1.27 bits per heavy atom. The van der Waals surface area contributed by atoms with Gasteiger partial charge in [-0.15, -0.1) is 0 Å². The van der Waals surface area contributed by atoms with E-state index >= 15 is 0 Å². The molecular weight excluding hydrogens is 404 g/mol. The van der Waals surface area contributed by atoms with E-state index in [2.05, 4.69) is 27.7 Å². The molecule has 0 aromatic rings. The summed E-state index contributed by atoms with van der Waals surface area (Å²) in [4.78, 5) is 12.5. The van der Waals surface area contributed by atoms with Gasteiger partial charge < -0.3 is 4.74 Å². The van der Waals surface area contributed by atoms with Gasteiger partial charge in [0.25, 0.3) is 0 Å². The van der Waals surface area contributed by atoms with Gasteiger partial charge in [0.15, 0.2) is 0 Å². The zero-order chi connectivity index (χ0) is 24.4. The molecule has 0 fully saturated rings. The zero-order valence-electron chi connectivity index (χ0n) is 23.4. The van der Waals surface area contributed by atoms with Crippen molar-refractivity contribution in [2.24, 2.45) is 11.8 Å². The van der Waals surface area contributed by atoms with Crippen molar-refractivity contribution in [1.82, 2.24) is 0 Å². The van der Waals surface area contributed by atoms with Gasteiger partial charge in [-0.05, 0) is 25.2 Å². The van der Waals surface area contributed by atoms with E-state index in [1.54, 1.807) is 0 Å². The maximum absolute atomic E-state index is 12.5. The first-order valence-electron chi connectivity index (χ1n) is 15.3. The van der Waals surface area contributed by atoms with Gasteiger partial charge in [0.05, 0.1) is 12.5 Å². The van der Waals surface area contributed by atoms with E-state index in [9.17, 15) is 4.79 Å². The fourth-order valence-electron chi connectivity index (χ4n) is 4.78. The maximum Gasteiger partial charge on any atom is 0.308 e. The summed E-state index contributed by atoms with van der Waals surface area (Å²) in [5.41, 5.74) is 0. The Kier molecular flexibility index (Phi) is 25.7. The molecule has 0 radical (unpaired) electrons. The van der Waals surface area contributed by atoms with Gasteiger partial charge in [0, 0.05) is 0 Å². The molecule has 198 valence electrons. The van der Waals surface area contributed by atoms with Crippen LogP contribution in [0.15, 0.2) is 0 Å². The topological polar surface area (TPSA) is 26.3 Å². The molecule has 0 N–H and O–H groups in total. The molecule has 2 nitrogen and oxygen atoms in total. The van der Waals surface area contributed by atoms with Crippen molar-refractivity contribution in [3.05, 3.63) is 0 Å². The lowest BCUT2D eigenvalue weighted by Gasteiger charge is -2.19. The first-order chi connectivity index (χ1) is 16.2. The Labute approximate surface area is 209 Å². The van der Waals surface area contributed by atoms with Crippen LogP contribution in [0.3, 0.4) is 0 Å². The van der Waals surface area contributed by atoms with Crippen LogP contribution >= 0.6 is 0 Å². The van der Waals surface area contributed by atoms with Crippen LogP contribution in [0, 0.1) is 11.8 Å². The average Bonchev–Trinajstić information content (AvgIpc) is 2.82. The molecule has 0 saturated carbocycles. The van der Waals surface area contributed by atoms with E-state index in [-0.39, 0.29) is 11.9 Å². The Morgan fingerprint density at radius 2 is 0.848 bits per heavy atom. The highest BCUT2D eigenvalue weighted by Gasteiger charge is 2.17. The second-order valence-corrected chi connectivity index (χ2v) is 10.8. The monoisotopic (exact) mass is 466 g/mol. The van der Waals surface area contributed by atoms with Gasteiger partial charge in [-0.3, -0.25) is 4.79 Å². The highest BCUT2D eigenvalue weighted by molar-refractivity contribution is 5.71. The van der Waals surface area contributed by atoms with Crippen LogP contribution in [0.5, 0.6) is 0 Å². The summed E-state index contributed by atoms with van der Waals surface area (Å²) in [6.45, 7) is 9.54. The van der Waals surface area contributed by atoms with Crippen molar-refractivity contribution in [3.63, 3.8) is 0 Å². The van der Waals surface area contributed by atoms with E-state index < -0.39 is 0 Å². The summed E-state index contributed by atoms with van der Waals surface area (Å²) >= 11 is 0. The van der Waals surface area contributed by atoms with Gasteiger partial charge in [0.1, 0.15) is 0 Å². The minimum Gasteiger partial charge on any atom is -0.465 e. The van der Waals surface area contributed by atoms with Crippen LogP contribution in [0.2, 0.25) is 0 Å². The molecule has 33 heavy (non-hydrogen) atoms. The normalized spacial score (nSPS) is 12.4. The lowest BCUT2D eigenvalue weighted by atomic mass is 9.95. The quantitative estimate of drug-likeness (QED) is 0.0935. The molecular formula is C31H62O2. The van der Waals surface area contributed by atoms with Crippen molar-refractivity contribution in [2.75, 3.05) is 6.61 Å². The van der Waals surface area contributed by atoms with Gasteiger partial charge in [-0.1, -0.05) is 156 Å². The van der Waals surface area contributed by atoms with Gasteiger partial charge >= 0.3 is 5.97 Å². The van der Waals surface area contributed by atoms with E-state index in [1.807, 2.05) is 0 Å². The molecule has 0 aromatic carbocycles. The molecule has 1 atom stereocenters. The van der Waals surface area contributed by atoms with E-state index in [4.69, 9.17) is 4.74 Å². The van der Waals surface area contributed by atoms with Gasteiger partial charge in [0.2, 0.25) is 0 Å². The lowest BCUT2D eigenvalue weighted by Crippen LogP contribution is -2.20. The molecule has 0 bridgehead atoms. The molecule has 0 amide bonds. The molecule has 1 unspecified atom stereocenters. The number of hydrogen-bond acceptors (Lipinski definition) is 2. The van der Waals surface area contributed by atoms with Crippen molar-refractivity contribution >= 4 is 5.97 Å². The minimum atomic E-state index is 0.0465. The molecule has 0 aliphatic heterocycles. The zero-order valence-corrected chi connectivity index (χ0v) is 23.4. The number of carbonyl (C=O) groups is 1. The van der Waals surface area contributed by atoms with Gasteiger partial charge in [-0.25, -0.2) is 0 Å². The van der Waals surface area contributed by atoms with Crippen molar-refractivity contribution in [2.45, 2.75) is 175 Å². The van der Waals surface area contributed by atoms with Crippen LogP contribution in [0.4, 0.5) is 0 Å². The molecule has 0 heterocycles. The van der Waals surface area contributed by atoms with Crippen LogP contribution in [0.25, 0.3) is 0 Å². The lowest BCUT2D eigenvalue weighted by molar-refractivity contribution is -0.149. The van der Waals surface area contributed by atoms with Gasteiger partial charge in [-0.2, -0.15) is 0 Å². The number of unbranched alkanes of at least 4 members (excludes halogenated alkanes) is 17. The number of hydrogen-bond donors (Lipinski definition) is 0. The highest BCUT2D eigenvalue weighted by atomic mass is 16.5. The number of rotatable bonds is 26. The van der Waals surface area contributed by atoms with E-state index in [0.29, 0.717) is 12.5 Å². The average molecular weight is 467 g/mol. The smallest absolute Gasteiger partial charge is 0.308 e. The van der Waals surface area contributed by atoms with Crippen LogP contribution in [-0.2, 0) is 9.53 Å². The highest BCUT2D eigenvalue weighted by Crippen LogP contribution is 2.20. The Balaban J connectivity index is 3.82. The number of ether oxygens (including phenoxy) is 1. The summed E-state index contributed by atoms with van der Waals surface area (Å²) in [5, 5.41) is 0. The van der Waals surface area contributed by atoms with Crippen LogP contribution < -0.4 is 0 Å². The standard InChI is InChI=1S/C31H62O2/c1-5-8-11-14-15-16-17-18-19-20-21-22-25-29(4)31(32)33-28-30(26-23-12-9-6-2)27-24-13-10-7-3/h29-30H,5-28H2,1-4H3. The summed E-state index contributed by atoms with van der Waals surface area (Å²) in [5.74, 6) is 0.681. The van der Waals surface area contributed by atoms with E-state index in [1.165, 1.54) is 141 Å². The SMILES string of the molecule is CCCCCCCCCCCCCCC(C)C(=O)OCC(CCCCCC)CCCCCC. The molecule has 0 aromatic heterocycles. The van der Waals surface area contributed by atoms with E-state index in [0.717, 1.165) is 6.42 Å². The minimum absolute atomic E-state index is 0.0465. The summed E-state index contributed by atoms with van der Waals surface area (Å²) in [7, 11) is 0. The summed E-state index contributed by atoms with van der Waals surface area (Å²) < 4.78 is 5.80. The molecule has 2 heteroatoms. The molecule has 0 rings (SSSR count). The molecule has 0 aliphatic rings. The Hall–Kier alpha value is -0.530. The number of esters is 1. The third-order valence-corrected chi connectivity index (χ3v) is 7.29. The van der Waals surface area contributed by atoms with Crippen molar-refractivity contribution in [3.8, 4) is 0 Å². The number of carbonyl (C=O) groups excluding carboxylic acids is 1. The van der Waals surface area contributed by atoms with Crippen molar-refractivity contribution < 1.29 is 9.53 Å². The predicted molar refractivity (Wildman–Crippen MR) is 147 cm³/mol. The Morgan fingerprint density at radius 1 is 0.515 bits per heavy atom. The Bertz CT molecular complexity index is 380.